The smallest absolute Gasteiger partial charge is 0.154 e. The number of ether oxygens (including phenoxy) is 6. The van der Waals surface area contributed by atoms with Crippen LogP contribution in [0, 0.1) is 5.92 Å². The molecule has 6 unspecified atom stereocenters. The van der Waals surface area contributed by atoms with E-state index in [1.807, 2.05) is 176 Å². The molecule has 0 saturated heterocycles. The van der Waals surface area contributed by atoms with Gasteiger partial charge >= 0.3 is 0 Å². The van der Waals surface area contributed by atoms with E-state index in [1.165, 1.54) is 0 Å². The van der Waals surface area contributed by atoms with Crippen molar-refractivity contribution in [3.63, 3.8) is 0 Å². The maximum atomic E-state index is 12.4. The first kappa shape index (κ1) is 38.0. The lowest BCUT2D eigenvalue weighted by atomic mass is 9.78. The second-order valence-corrected chi connectivity index (χ2v) is 13.8. The molecule has 1 saturated carbocycles. The number of hydrogen-bond acceptors (Lipinski definition) is 7. The Kier molecular flexibility index (Phi) is 13.7. The molecule has 282 valence electrons. The maximum absolute atomic E-state index is 12.4. The largest absolute Gasteiger partial charge is 0.489 e. The van der Waals surface area contributed by atoms with Crippen molar-refractivity contribution in [1.29, 1.82) is 0 Å². The molecule has 6 aromatic rings. The molecule has 0 heterocycles. The SMILES string of the molecule is OC1C(COCc2ccccc2)C(OCc2ccccc2)C(OCc2ccccc2)C(OCc2ccccc2)C1Oc1ccc(OCc2ccccc2)cc1. The van der Waals surface area contributed by atoms with Gasteiger partial charge in [0.05, 0.1) is 39.1 Å². The highest BCUT2D eigenvalue weighted by Crippen LogP contribution is 2.37. The van der Waals surface area contributed by atoms with Crippen LogP contribution in [0.25, 0.3) is 0 Å². The van der Waals surface area contributed by atoms with Gasteiger partial charge in [0.2, 0.25) is 0 Å². The monoisotopic (exact) mass is 736 g/mol. The van der Waals surface area contributed by atoms with E-state index in [0.717, 1.165) is 27.8 Å². The number of aliphatic hydroxyl groups excluding tert-OH is 1. The Labute approximate surface area is 324 Å². The zero-order chi connectivity index (χ0) is 37.5. The minimum atomic E-state index is -1.04. The summed E-state index contributed by atoms with van der Waals surface area (Å²) in [5, 5.41) is 12.4. The highest BCUT2D eigenvalue weighted by Gasteiger charge is 2.54. The highest BCUT2D eigenvalue weighted by molar-refractivity contribution is 5.32. The van der Waals surface area contributed by atoms with Gasteiger partial charge in [-0.1, -0.05) is 152 Å². The minimum Gasteiger partial charge on any atom is -0.489 e. The number of aliphatic hydroxyl groups is 1. The summed E-state index contributed by atoms with van der Waals surface area (Å²) in [6.07, 6.45) is -3.84. The fourth-order valence-corrected chi connectivity index (χ4v) is 6.88. The minimum absolute atomic E-state index is 0.207. The number of rotatable bonds is 18. The molecule has 0 amide bonds. The first-order chi connectivity index (χ1) is 27.2. The molecule has 1 aliphatic rings. The van der Waals surface area contributed by atoms with Crippen LogP contribution < -0.4 is 9.47 Å². The van der Waals surface area contributed by atoms with E-state index in [4.69, 9.17) is 28.4 Å². The van der Waals surface area contributed by atoms with Gasteiger partial charge in [0.25, 0.3) is 0 Å². The summed E-state index contributed by atoms with van der Waals surface area (Å²) >= 11 is 0. The molecule has 0 bridgehead atoms. The van der Waals surface area contributed by atoms with E-state index in [1.54, 1.807) is 0 Å². The van der Waals surface area contributed by atoms with Crippen molar-refractivity contribution in [3.8, 4) is 11.5 Å². The van der Waals surface area contributed by atoms with E-state index < -0.39 is 36.4 Å². The molecule has 55 heavy (non-hydrogen) atoms. The van der Waals surface area contributed by atoms with Gasteiger partial charge in [0, 0.05) is 5.92 Å². The second kappa shape index (κ2) is 19.9. The van der Waals surface area contributed by atoms with Gasteiger partial charge in [0.1, 0.15) is 36.4 Å². The summed E-state index contributed by atoms with van der Waals surface area (Å²) in [6.45, 7) is 1.96. The highest BCUT2D eigenvalue weighted by atomic mass is 16.6. The molecule has 1 fully saturated rings. The van der Waals surface area contributed by atoms with Crippen molar-refractivity contribution in [2.24, 2.45) is 5.92 Å². The molecule has 7 rings (SSSR count). The molecule has 6 aromatic carbocycles. The van der Waals surface area contributed by atoms with Gasteiger partial charge in [-0.15, -0.1) is 0 Å². The summed E-state index contributed by atoms with van der Waals surface area (Å²) in [6, 6.07) is 57.6. The zero-order valence-electron chi connectivity index (χ0n) is 30.8. The average Bonchev–Trinajstić information content (AvgIpc) is 3.25. The normalized spacial score (nSPS) is 20.8. The first-order valence-corrected chi connectivity index (χ1v) is 18.9. The van der Waals surface area contributed by atoms with E-state index in [-0.39, 0.29) is 13.2 Å². The standard InChI is InChI=1S/C48H48O7/c49-44-43(35-50-30-36-16-6-1-7-17-36)45(52-32-38-20-10-3-11-21-38)47(53-33-39-22-12-4-13-23-39)48(54-34-40-24-14-5-15-25-40)46(44)55-42-28-26-41(27-29-42)51-31-37-18-8-2-9-19-37/h1-29,43-49H,30-35H2. The van der Waals surface area contributed by atoms with Crippen molar-refractivity contribution in [1.82, 2.24) is 0 Å². The van der Waals surface area contributed by atoms with Gasteiger partial charge in [-0.3, -0.25) is 0 Å². The average molecular weight is 737 g/mol. The van der Waals surface area contributed by atoms with Crippen LogP contribution in [0.2, 0.25) is 0 Å². The lowest BCUT2D eigenvalue weighted by Crippen LogP contribution is -2.65. The van der Waals surface area contributed by atoms with E-state index in [0.29, 0.717) is 37.9 Å². The number of hydrogen-bond donors (Lipinski definition) is 1. The Balaban J connectivity index is 1.19. The topological polar surface area (TPSA) is 75.6 Å². The van der Waals surface area contributed by atoms with Crippen LogP contribution in [0.5, 0.6) is 11.5 Å². The van der Waals surface area contributed by atoms with Crippen molar-refractivity contribution in [2.45, 2.75) is 63.6 Å². The Bertz CT molecular complexity index is 1940. The summed E-state index contributed by atoms with van der Waals surface area (Å²) in [4.78, 5) is 0. The summed E-state index contributed by atoms with van der Waals surface area (Å²) in [5.41, 5.74) is 5.14. The molecule has 1 N–H and O–H groups in total. The van der Waals surface area contributed by atoms with Gasteiger partial charge in [0.15, 0.2) is 6.10 Å². The molecule has 7 heteroatoms. The fraction of sp³-hybridized carbons (Fsp3) is 0.250. The van der Waals surface area contributed by atoms with E-state index in [9.17, 15) is 5.11 Å². The van der Waals surface area contributed by atoms with Crippen LogP contribution in [0.3, 0.4) is 0 Å². The summed E-state index contributed by atoms with van der Waals surface area (Å²) < 4.78 is 39.6. The Morgan fingerprint density at radius 2 is 0.727 bits per heavy atom. The summed E-state index contributed by atoms with van der Waals surface area (Å²) in [7, 11) is 0. The van der Waals surface area contributed by atoms with Crippen LogP contribution in [-0.2, 0) is 52.0 Å². The third kappa shape index (κ3) is 10.9. The molecular formula is C48H48O7. The zero-order valence-corrected chi connectivity index (χ0v) is 30.8. The molecule has 0 radical (unpaired) electrons. The van der Waals surface area contributed by atoms with Crippen LogP contribution in [0.1, 0.15) is 27.8 Å². The van der Waals surface area contributed by atoms with Gasteiger partial charge in [-0.05, 0) is 52.1 Å². The predicted octanol–water partition coefficient (Wildman–Crippen LogP) is 8.98. The van der Waals surface area contributed by atoms with Crippen LogP contribution >= 0.6 is 0 Å². The molecule has 0 aliphatic heterocycles. The maximum Gasteiger partial charge on any atom is 0.154 e. The van der Waals surface area contributed by atoms with Gasteiger partial charge in [-0.2, -0.15) is 0 Å². The third-order valence-corrected chi connectivity index (χ3v) is 9.79. The van der Waals surface area contributed by atoms with Crippen molar-refractivity contribution in [3.05, 3.63) is 204 Å². The first-order valence-electron chi connectivity index (χ1n) is 18.9. The van der Waals surface area contributed by atoms with Crippen LogP contribution in [0.4, 0.5) is 0 Å². The van der Waals surface area contributed by atoms with Crippen molar-refractivity contribution in [2.75, 3.05) is 6.61 Å². The Morgan fingerprint density at radius 1 is 0.364 bits per heavy atom. The van der Waals surface area contributed by atoms with Crippen LogP contribution in [0.15, 0.2) is 176 Å². The Hall–Kier alpha value is -5.28. The second-order valence-electron chi connectivity index (χ2n) is 13.8. The molecule has 6 atom stereocenters. The Morgan fingerprint density at radius 3 is 1.18 bits per heavy atom. The molecular weight excluding hydrogens is 689 g/mol. The molecule has 0 aromatic heterocycles. The third-order valence-electron chi connectivity index (χ3n) is 9.79. The number of benzene rings is 6. The molecule has 7 nitrogen and oxygen atoms in total. The lowest BCUT2D eigenvalue weighted by Gasteiger charge is -2.48. The quantitative estimate of drug-likeness (QED) is 0.0945. The molecule has 1 aliphatic carbocycles. The van der Waals surface area contributed by atoms with Gasteiger partial charge < -0.3 is 33.5 Å². The molecule has 0 spiro atoms. The summed E-state index contributed by atoms with van der Waals surface area (Å²) in [5.74, 6) is 0.755. The lowest BCUT2D eigenvalue weighted by molar-refractivity contribution is -0.251. The van der Waals surface area contributed by atoms with E-state index in [2.05, 4.69) is 0 Å². The van der Waals surface area contributed by atoms with Gasteiger partial charge in [-0.25, -0.2) is 0 Å². The van der Waals surface area contributed by atoms with E-state index >= 15 is 0 Å². The van der Waals surface area contributed by atoms with Crippen LogP contribution in [-0.4, -0.2) is 42.2 Å². The van der Waals surface area contributed by atoms with Crippen molar-refractivity contribution >= 4 is 0 Å². The van der Waals surface area contributed by atoms with Crippen molar-refractivity contribution < 1.29 is 33.5 Å². The fourth-order valence-electron chi connectivity index (χ4n) is 6.88. The predicted molar refractivity (Wildman–Crippen MR) is 212 cm³/mol.